The van der Waals surface area contributed by atoms with Gasteiger partial charge in [0.25, 0.3) is 0 Å². The van der Waals surface area contributed by atoms with Crippen molar-refractivity contribution in [2.75, 3.05) is 4.90 Å². The van der Waals surface area contributed by atoms with Crippen LogP contribution in [0.3, 0.4) is 0 Å². The van der Waals surface area contributed by atoms with Gasteiger partial charge in [0.1, 0.15) is 22.3 Å². The SMILES string of the molecule is c1ccc(-c2ccccc2-c2ccccc2-c2ccccc2-c2ccc(N(c3ccc(-c4ccc5oc6ccccc6c5c4)cc3)c3ccc4c(c3)oc3ccccc34)cc2)cc1. The Labute approximate surface area is 365 Å². The zero-order valence-electron chi connectivity index (χ0n) is 34.3. The van der Waals surface area contributed by atoms with E-state index in [-0.39, 0.29) is 0 Å². The molecule has 0 N–H and O–H groups in total. The van der Waals surface area contributed by atoms with Crippen molar-refractivity contribution in [2.45, 2.75) is 0 Å². The molecule has 2 heterocycles. The predicted octanol–water partition coefficient (Wildman–Crippen LogP) is 17.3. The van der Waals surface area contributed by atoms with E-state index in [4.69, 9.17) is 8.83 Å². The quantitative estimate of drug-likeness (QED) is 0.153. The van der Waals surface area contributed by atoms with E-state index < -0.39 is 0 Å². The topological polar surface area (TPSA) is 29.5 Å². The molecule has 0 aliphatic rings. The fraction of sp³-hybridized carbons (Fsp3) is 0. The summed E-state index contributed by atoms with van der Waals surface area (Å²) >= 11 is 0. The summed E-state index contributed by atoms with van der Waals surface area (Å²) in [4.78, 5) is 2.31. The van der Waals surface area contributed by atoms with Crippen LogP contribution in [-0.2, 0) is 0 Å². The van der Waals surface area contributed by atoms with Gasteiger partial charge < -0.3 is 13.7 Å². The monoisotopic (exact) mass is 805 g/mol. The predicted molar refractivity (Wildman–Crippen MR) is 263 cm³/mol. The van der Waals surface area contributed by atoms with Crippen LogP contribution in [0.4, 0.5) is 17.1 Å². The van der Waals surface area contributed by atoms with Crippen LogP contribution in [0.1, 0.15) is 0 Å². The van der Waals surface area contributed by atoms with Crippen molar-refractivity contribution in [3.8, 4) is 55.6 Å². The average Bonchev–Trinajstić information content (AvgIpc) is 3.93. The molecular formula is C60H39NO2. The first kappa shape index (κ1) is 36.5. The van der Waals surface area contributed by atoms with Gasteiger partial charge in [-0.25, -0.2) is 0 Å². The van der Waals surface area contributed by atoms with E-state index in [1.54, 1.807) is 0 Å². The number of hydrogen-bond acceptors (Lipinski definition) is 3. The van der Waals surface area contributed by atoms with E-state index in [2.05, 4.69) is 217 Å². The number of anilines is 3. The average molecular weight is 806 g/mol. The highest BCUT2D eigenvalue weighted by Crippen LogP contribution is 2.44. The normalized spacial score (nSPS) is 11.5. The van der Waals surface area contributed by atoms with Gasteiger partial charge in [0.05, 0.1) is 0 Å². The third-order valence-corrected chi connectivity index (χ3v) is 12.3. The molecule has 0 amide bonds. The van der Waals surface area contributed by atoms with Gasteiger partial charge in [0.2, 0.25) is 0 Å². The second-order valence-corrected chi connectivity index (χ2v) is 16.0. The molecular weight excluding hydrogens is 767 g/mol. The van der Waals surface area contributed by atoms with E-state index in [1.807, 2.05) is 24.3 Å². The molecule has 0 spiro atoms. The lowest BCUT2D eigenvalue weighted by Crippen LogP contribution is -2.09. The summed E-state index contributed by atoms with van der Waals surface area (Å²) in [5.74, 6) is 0. The van der Waals surface area contributed by atoms with Crippen molar-refractivity contribution in [2.24, 2.45) is 0 Å². The van der Waals surface area contributed by atoms with E-state index in [0.29, 0.717) is 0 Å². The summed E-state index contributed by atoms with van der Waals surface area (Å²) < 4.78 is 12.6. The Morgan fingerprint density at radius 3 is 1.22 bits per heavy atom. The summed E-state index contributed by atoms with van der Waals surface area (Å²) in [6.45, 7) is 0. The first-order valence-electron chi connectivity index (χ1n) is 21.4. The van der Waals surface area contributed by atoms with Crippen LogP contribution in [0.25, 0.3) is 99.5 Å². The van der Waals surface area contributed by atoms with Gasteiger partial charge in [-0.05, 0) is 116 Å². The maximum Gasteiger partial charge on any atom is 0.137 e. The molecule has 0 bridgehead atoms. The van der Waals surface area contributed by atoms with Gasteiger partial charge in [0.15, 0.2) is 0 Å². The second kappa shape index (κ2) is 15.3. The fourth-order valence-electron chi connectivity index (χ4n) is 9.31. The molecule has 12 aromatic rings. The molecule has 0 aliphatic carbocycles. The number of nitrogens with zero attached hydrogens (tertiary/aromatic N) is 1. The molecule has 0 saturated carbocycles. The molecule has 3 nitrogen and oxygen atoms in total. The Morgan fingerprint density at radius 1 is 0.222 bits per heavy atom. The lowest BCUT2D eigenvalue weighted by molar-refractivity contribution is 0.668. The molecule has 3 heteroatoms. The van der Waals surface area contributed by atoms with Gasteiger partial charge in [-0.1, -0.05) is 170 Å². The number of hydrogen-bond donors (Lipinski definition) is 0. The van der Waals surface area contributed by atoms with Crippen LogP contribution >= 0.6 is 0 Å². The van der Waals surface area contributed by atoms with Crippen molar-refractivity contribution in [3.63, 3.8) is 0 Å². The van der Waals surface area contributed by atoms with E-state index in [1.165, 1.54) is 38.9 Å². The molecule has 0 atom stereocenters. The van der Waals surface area contributed by atoms with Crippen LogP contribution < -0.4 is 4.90 Å². The maximum absolute atomic E-state index is 6.42. The minimum Gasteiger partial charge on any atom is -0.456 e. The number of rotatable bonds is 8. The number of benzene rings is 10. The largest absolute Gasteiger partial charge is 0.456 e. The van der Waals surface area contributed by atoms with Crippen LogP contribution in [0.5, 0.6) is 0 Å². The van der Waals surface area contributed by atoms with Crippen LogP contribution in [0.15, 0.2) is 245 Å². The summed E-state index contributed by atoms with van der Waals surface area (Å²) in [5.41, 5.74) is 18.5. The van der Waals surface area contributed by atoms with E-state index in [0.717, 1.165) is 77.6 Å². The Morgan fingerprint density at radius 2 is 0.619 bits per heavy atom. The van der Waals surface area contributed by atoms with Gasteiger partial charge >= 0.3 is 0 Å². The molecule has 0 aliphatic heterocycles. The van der Waals surface area contributed by atoms with Gasteiger partial charge in [-0.15, -0.1) is 0 Å². The van der Waals surface area contributed by atoms with Gasteiger partial charge in [-0.3, -0.25) is 0 Å². The lowest BCUT2D eigenvalue weighted by atomic mass is 9.87. The van der Waals surface area contributed by atoms with Crippen molar-refractivity contribution >= 4 is 60.9 Å². The molecule has 0 radical (unpaired) electrons. The Kier molecular flexibility index (Phi) is 8.83. The lowest BCUT2D eigenvalue weighted by Gasteiger charge is -2.26. The zero-order chi connectivity index (χ0) is 41.7. The standard InChI is InChI=1S/C60H39NO2/c1-2-14-41(15-3-1)47-16-4-6-18-49(47)51-20-8-9-21-52(51)50-19-7-5-17-48(50)42-28-33-45(34-29-42)61(46-35-36-55-53-22-10-12-24-57(53)63-60(55)39-46)44-31-26-40(27-32-44)43-30-37-59-56(38-43)54-23-11-13-25-58(54)62-59/h1-39H. The Balaban J connectivity index is 0.942. The molecule has 12 rings (SSSR count). The highest BCUT2D eigenvalue weighted by molar-refractivity contribution is 6.07. The van der Waals surface area contributed by atoms with Crippen LogP contribution in [0.2, 0.25) is 0 Å². The summed E-state index contributed by atoms with van der Waals surface area (Å²) in [6.07, 6.45) is 0. The maximum atomic E-state index is 6.42. The summed E-state index contributed by atoms with van der Waals surface area (Å²) in [5, 5.41) is 4.47. The Hall–Kier alpha value is -8.40. The van der Waals surface area contributed by atoms with Crippen molar-refractivity contribution in [1.82, 2.24) is 0 Å². The zero-order valence-corrected chi connectivity index (χ0v) is 34.3. The molecule has 0 unspecified atom stereocenters. The fourth-order valence-corrected chi connectivity index (χ4v) is 9.31. The number of furan rings is 2. The highest BCUT2D eigenvalue weighted by atomic mass is 16.3. The number of para-hydroxylation sites is 2. The molecule has 63 heavy (non-hydrogen) atoms. The van der Waals surface area contributed by atoms with E-state index in [9.17, 15) is 0 Å². The van der Waals surface area contributed by atoms with Gasteiger partial charge in [-0.2, -0.15) is 0 Å². The summed E-state index contributed by atoms with van der Waals surface area (Å²) in [6, 6.07) is 84.2. The molecule has 0 saturated heterocycles. The highest BCUT2D eigenvalue weighted by Gasteiger charge is 2.19. The van der Waals surface area contributed by atoms with Gasteiger partial charge in [0, 0.05) is 44.7 Å². The van der Waals surface area contributed by atoms with Crippen molar-refractivity contribution in [1.29, 1.82) is 0 Å². The van der Waals surface area contributed by atoms with E-state index >= 15 is 0 Å². The third kappa shape index (κ3) is 6.46. The second-order valence-electron chi connectivity index (χ2n) is 16.0. The molecule has 0 fully saturated rings. The minimum atomic E-state index is 0.856. The van der Waals surface area contributed by atoms with Crippen LogP contribution in [-0.4, -0.2) is 0 Å². The molecule has 2 aromatic heterocycles. The smallest absolute Gasteiger partial charge is 0.137 e. The Bertz CT molecular complexity index is 3620. The number of fused-ring (bicyclic) bond motifs is 6. The summed E-state index contributed by atoms with van der Waals surface area (Å²) in [7, 11) is 0. The molecule has 10 aromatic carbocycles. The first-order chi connectivity index (χ1) is 31.2. The molecule has 296 valence electrons. The van der Waals surface area contributed by atoms with Crippen LogP contribution in [0, 0.1) is 0 Å². The van der Waals surface area contributed by atoms with Crippen molar-refractivity contribution in [3.05, 3.63) is 237 Å². The van der Waals surface area contributed by atoms with Crippen molar-refractivity contribution < 1.29 is 8.83 Å². The minimum absolute atomic E-state index is 0.856. The third-order valence-electron chi connectivity index (χ3n) is 12.3. The first-order valence-corrected chi connectivity index (χ1v) is 21.4.